The van der Waals surface area contributed by atoms with Crippen LogP contribution >= 0.6 is 0 Å². The average molecular weight is 262 g/mol. The summed E-state index contributed by atoms with van der Waals surface area (Å²) in [5.74, 6) is 0. The van der Waals surface area contributed by atoms with Gasteiger partial charge in [0.05, 0.1) is 6.04 Å². The second-order valence-electron chi connectivity index (χ2n) is 5.10. The Morgan fingerprint density at radius 1 is 1.05 bits per heavy atom. The molecule has 0 bridgehead atoms. The smallest absolute Gasteiger partial charge is 0.0512 e. The largest absolute Gasteiger partial charge is 0.361 e. The Morgan fingerprint density at radius 3 is 2.65 bits per heavy atom. The molecular formula is C18H18N2. The van der Waals surface area contributed by atoms with E-state index in [1.54, 1.807) is 0 Å². The van der Waals surface area contributed by atoms with Gasteiger partial charge in [-0.3, -0.25) is 4.99 Å². The number of rotatable bonds is 4. The quantitative estimate of drug-likeness (QED) is 0.682. The Morgan fingerprint density at radius 2 is 1.80 bits per heavy atom. The molecule has 2 aromatic carbocycles. The van der Waals surface area contributed by atoms with Gasteiger partial charge in [-0.1, -0.05) is 48.5 Å². The standard InChI is InChI=1S/C18H18N2/c1-14(19-12-15-7-3-2-4-8-15)11-16-13-20-18-10-6-5-9-17(16)18/h2-10,12-14,20H,11H2,1H3/t14-/m0/s1. The lowest BCUT2D eigenvalue weighted by Crippen LogP contribution is -2.03. The predicted molar refractivity (Wildman–Crippen MR) is 85.5 cm³/mol. The number of nitrogens with zero attached hydrogens (tertiary/aromatic N) is 1. The van der Waals surface area contributed by atoms with E-state index in [-0.39, 0.29) is 6.04 Å². The van der Waals surface area contributed by atoms with Crippen LogP contribution in [0.25, 0.3) is 10.9 Å². The molecule has 0 saturated heterocycles. The number of hydrogen-bond donors (Lipinski definition) is 1. The molecule has 3 rings (SSSR count). The normalized spacial score (nSPS) is 13.1. The summed E-state index contributed by atoms with van der Waals surface area (Å²) in [6, 6.07) is 18.9. The highest BCUT2D eigenvalue weighted by Gasteiger charge is 2.06. The number of H-pyrrole nitrogens is 1. The van der Waals surface area contributed by atoms with E-state index in [1.807, 2.05) is 24.4 Å². The molecular weight excluding hydrogens is 244 g/mol. The lowest BCUT2D eigenvalue weighted by Gasteiger charge is -2.05. The van der Waals surface area contributed by atoms with Crippen LogP contribution in [0.1, 0.15) is 18.1 Å². The molecule has 0 unspecified atom stereocenters. The van der Waals surface area contributed by atoms with Gasteiger partial charge in [-0.2, -0.15) is 0 Å². The van der Waals surface area contributed by atoms with Gasteiger partial charge in [0.25, 0.3) is 0 Å². The molecule has 100 valence electrons. The third-order valence-corrected chi connectivity index (χ3v) is 3.47. The van der Waals surface area contributed by atoms with Crippen molar-refractivity contribution in [1.82, 2.24) is 4.98 Å². The summed E-state index contributed by atoms with van der Waals surface area (Å²) in [7, 11) is 0. The summed E-state index contributed by atoms with van der Waals surface area (Å²) in [6.45, 7) is 2.15. The van der Waals surface area contributed by atoms with Gasteiger partial charge >= 0.3 is 0 Å². The van der Waals surface area contributed by atoms with Crippen LogP contribution in [0.15, 0.2) is 65.8 Å². The second kappa shape index (κ2) is 5.74. The van der Waals surface area contributed by atoms with Crippen molar-refractivity contribution in [2.45, 2.75) is 19.4 Å². The molecule has 0 aliphatic rings. The van der Waals surface area contributed by atoms with Crippen molar-refractivity contribution >= 4 is 17.1 Å². The molecule has 0 spiro atoms. The van der Waals surface area contributed by atoms with Crippen LogP contribution < -0.4 is 0 Å². The zero-order chi connectivity index (χ0) is 13.8. The number of nitrogens with one attached hydrogen (secondary N) is 1. The van der Waals surface area contributed by atoms with Gasteiger partial charge in [-0.05, 0) is 30.5 Å². The minimum absolute atomic E-state index is 0.273. The Kier molecular flexibility index (Phi) is 3.64. The molecule has 1 heterocycles. The third-order valence-electron chi connectivity index (χ3n) is 3.47. The number of aliphatic imine (C=N–C) groups is 1. The van der Waals surface area contributed by atoms with E-state index in [0.717, 1.165) is 12.0 Å². The Balaban J connectivity index is 1.73. The van der Waals surface area contributed by atoms with Crippen LogP contribution in [0.5, 0.6) is 0 Å². The van der Waals surface area contributed by atoms with E-state index in [2.05, 4.69) is 59.5 Å². The fraction of sp³-hybridized carbons (Fsp3) is 0.167. The van der Waals surface area contributed by atoms with Crippen molar-refractivity contribution in [2.24, 2.45) is 4.99 Å². The highest BCUT2D eigenvalue weighted by Crippen LogP contribution is 2.19. The van der Waals surface area contributed by atoms with Crippen molar-refractivity contribution in [3.8, 4) is 0 Å². The van der Waals surface area contributed by atoms with Gasteiger partial charge < -0.3 is 4.98 Å². The van der Waals surface area contributed by atoms with Crippen molar-refractivity contribution in [2.75, 3.05) is 0 Å². The molecule has 20 heavy (non-hydrogen) atoms. The molecule has 3 aromatic rings. The zero-order valence-corrected chi connectivity index (χ0v) is 11.6. The second-order valence-corrected chi connectivity index (χ2v) is 5.10. The van der Waals surface area contributed by atoms with E-state index in [9.17, 15) is 0 Å². The first-order chi connectivity index (χ1) is 9.83. The van der Waals surface area contributed by atoms with Crippen molar-refractivity contribution in [3.63, 3.8) is 0 Å². The van der Waals surface area contributed by atoms with Crippen LogP contribution in [-0.4, -0.2) is 17.2 Å². The number of para-hydroxylation sites is 1. The predicted octanol–water partition coefficient (Wildman–Crippen LogP) is 4.22. The summed E-state index contributed by atoms with van der Waals surface area (Å²) in [5.41, 5.74) is 3.68. The molecule has 1 atom stereocenters. The maximum absolute atomic E-state index is 4.64. The Bertz CT molecular complexity index is 710. The van der Waals surface area contributed by atoms with Crippen LogP contribution in [0, 0.1) is 0 Å². The van der Waals surface area contributed by atoms with Crippen LogP contribution in [-0.2, 0) is 6.42 Å². The van der Waals surface area contributed by atoms with Crippen LogP contribution in [0.2, 0.25) is 0 Å². The zero-order valence-electron chi connectivity index (χ0n) is 11.6. The number of aromatic nitrogens is 1. The first-order valence-electron chi connectivity index (χ1n) is 6.96. The highest BCUT2D eigenvalue weighted by molar-refractivity contribution is 5.83. The minimum atomic E-state index is 0.273. The van der Waals surface area contributed by atoms with Gasteiger partial charge in [0.1, 0.15) is 0 Å². The van der Waals surface area contributed by atoms with Crippen molar-refractivity contribution in [1.29, 1.82) is 0 Å². The monoisotopic (exact) mass is 262 g/mol. The van der Waals surface area contributed by atoms with E-state index >= 15 is 0 Å². The van der Waals surface area contributed by atoms with Crippen LogP contribution in [0.3, 0.4) is 0 Å². The first kappa shape index (κ1) is 12.7. The first-order valence-corrected chi connectivity index (χ1v) is 6.96. The molecule has 1 aromatic heterocycles. The van der Waals surface area contributed by atoms with E-state index in [4.69, 9.17) is 0 Å². The van der Waals surface area contributed by atoms with E-state index in [1.165, 1.54) is 16.5 Å². The lowest BCUT2D eigenvalue weighted by molar-refractivity contribution is 0.747. The maximum Gasteiger partial charge on any atom is 0.0512 e. The van der Waals surface area contributed by atoms with Gasteiger partial charge in [0.2, 0.25) is 0 Å². The summed E-state index contributed by atoms with van der Waals surface area (Å²) in [6.07, 6.45) is 5.01. The Hall–Kier alpha value is -2.35. The summed E-state index contributed by atoms with van der Waals surface area (Å²) < 4.78 is 0. The number of fused-ring (bicyclic) bond motifs is 1. The third kappa shape index (κ3) is 2.80. The fourth-order valence-corrected chi connectivity index (χ4v) is 2.42. The lowest BCUT2D eigenvalue weighted by atomic mass is 10.1. The molecule has 0 radical (unpaired) electrons. The number of hydrogen-bond acceptors (Lipinski definition) is 1. The molecule has 0 fully saturated rings. The topological polar surface area (TPSA) is 28.1 Å². The SMILES string of the molecule is C[C@@H](Cc1c[nH]c2ccccc12)N=Cc1ccccc1. The average Bonchev–Trinajstić information content (AvgIpc) is 2.90. The summed E-state index contributed by atoms with van der Waals surface area (Å²) in [4.78, 5) is 7.95. The van der Waals surface area contributed by atoms with Gasteiger partial charge in [0, 0.05) is 23.3 Å². The highest BCUT2D eigenvalue weighted by atomic mass is 14.8. The molecule has 0 aliphatic carbocycles. The molecule has 0 amide bonds. The number of aromatic amines is 1. The summed E-state index contributed by atoms with van der Waals surface area (Å²) >= 11 is 0. The molecule has 1 N–H and O–H groups in total. The molecule has 0 saturated carbocycles. The van der Waals surface area contributed by atoms with Crippen LogP contribution in [0.4, 0.5) is 0 Å². The molecule has 0 aliphatic heterocycles. The van der Waals surface area contributed by atoms with E-state index < -0.39 is 0 Å². The van der Waals surface area contributed by atoms with Gasteiger partial charge in [-0.15, -0.1) is 0 Å². The van der Waals surface area contributed by atoms with E-state index in [0.29, 0.717) is 0 Å². The Labute approximate surface area is 119 Å². The fourth-order valence-electron chi connectivity index (χ4n) is 2.42. The van der Waals surface area contributed by atoms with Crippen molar-refractivity contribution < 1.29 is 0 Å². The van der Waals surface area contributed by atoms with Crippen molar-refractivity contribution in [3.05, 3.63) is 71.9 Å². The minimum Gasteiger partial charge on any atom is -0.361 e. The molecule has 2 nitrogen and oxygen atoms in total. The maximum atomic E-state index is 4.64. The summed E-state index contributed by atoms with van der Waals surface area (Å²) in [5, 5.41) is 1.30. The molecule has 2 heteroatoms. The van der Waals surface area contributed by atoms with Gasteiger partial charge in [0.15, 0.2) is 0 Å². The number of benzene rings is 2. The van der Waals surface area contributed by atoms with Gasteiger partial charge in [-0.25, -0.2) is 0 Å².